The predicted octanol–water partition coefficient (Wildman–Crippen LogP) is 2.66. The van der Waals surface area contributed by atoms with Crippen molar-refractivity contribution in [2.45, 2.75) is 61.4 Å². The molecular formula is C13H18Cl2N2O5. The van der Waals surface area contributed by atoms with Gasteiger partial charge in [0.15, 0.2) is 0 Å². The average molecular weight is 353 g/mol. The SMILES string of the molecule is O=C(C1CCC(Cl)C([N+](=O)[O-])C1)C1CCC(Cl)C([N+](=O)[O-])C1. The van der Waals surface area contributed by atoms with Crippen LogP contribution >= 0.6 is 23.2 Å². The second kappa shape index (κ2) is 7.08. The first-order valence-electron chi connectivity index (χ1n) is 7.40. The molecule has 6 atom stereocenters. The lowest BCUT2D eigenvalue weighted by molar-refractivity contribution is -0.527. The summed E-state index contributed by atoms with van der Waals surface area (Å²) in [6, 6.07) is -1.83. The Morgan fingerprint density at radius 1 is 0.818 bits per heavy atom. The van der Waals surface area contributed by atoms with Crippen LogP contribution in [-0.2, 0) is 4.79 Å². The summed E-state index contributed by atoms with van der Waals surface area (Å²) in [5.41, 5.74) is 0. The number of nitro groups is 2. The zero-order chi connectivity index (χ0) is 16.4. The van der Waals surface area contributed by atoms with E-state index in [2.05, 4.69) is 0 Å². The number of carbonyl (C=O) groups is 1. The van der Waals surface area contributed by atoms with Gasteiger partial charge in [-0.3, -0.25) is 25.0 Å². The number of carbonyl (C=O) groups excluding carboxylic acids is 1. The number of ketones is 1. The lowest BCUT2D eigenvalue weighted by Gasteiger charge is -2.32. The Balaban J connectivity index is 2.02. The summed E-state index contributed by atoms with van der Waals surface area (Å²) in [5, 5.41) is 20.9. The van der Waals surface area contributed by atoms with Crippen LogP contribution in [0.3, 0.4) is 0 Å². The van der Waals surface area contributed by atoms with Gasteiger partial charge in [-0.2, -0.15) is 0 Å². The quantitative estimate of drug-likeness (QED) is 0.439. The van der Waals surface area contributed by atoms with Gasteiger partial charge in [0.2, 0.25) is 12.1 Å². The van der Waals surface area contributed by atoms with E-state index in [1.807, 2.05) is 0 Å². The third-order valence-electron chi connectivity index (χ3n) is 4.82. The number of hydrogen-bond acceptors (Lipinski definition) is 5. The molecule has 0 bridgehead atoms. The van der Waals surface area contributed by atoms with Crippen molar-refractivity contribution in [3.05, 3.63) is 20.2 Å². The Bertz CT molecular complexity index is 435. The summed E-state index contributed by atoms with van der Waals surface area (Å²) in [5.74, 6) is -0.935. The summed E-state index contributed by atoms with van der Waals surface area (Å²) >= 11 is 11.9. The average Bonchev–Trinajstić information content (AvgIpc) is 2.47. The van der Waals surface area contributed by atoms with E-state index in [1.165, 1.54) is 0 Å². The highest BCUT2D eigenvalue weighted by molar-refractivity contribution is 6.21. The monoisotopic (exact) mass is 352 g/mol. The first-order chi connectivity index (χ1) is 10.3. The molecule has 0 heterocycles. The first kappa shape index (κ1) is 17.4. The molecule has 2 fully saturated rings. The van der Waals surface area contributed by atoms with Gasteiger partial charge in [-0.25, -0.2) is 0 Å². The van der Waals surface area contributed by atoms with E-state index in [0.717, 1.165) is 0 Å². The molecule has 0 aromatic rings. The molecular weight excluding hydrogens is 335 g/mol. The van der Waals surface area contributed by atoms with Gasteiger partial charge in [0.05, 0.1) is 0 Å². The van der Waals surface area contributed by atoms with Crippen LogP contribution in [0.25, 0.3) is 0 Å². The van der Waals surface area contributed by atoms with Crippen molar-refractivity contribution in [3.63, 3.8) is 0 Å². The number of Topliss-reactive ketones (excluding diaryl/α,β-unsaturated/α-hetero) is 1. The van der Waals surface area contributed by atoms with E-state index < -0.39 is 44.5 Å². The summed E-state index contributed by atoms with van der Waals surface area (Å²) in [4.78, 5) is 33.7. The van der Waals surface area contributed by atoms with Crippen molar-refractivity contribution < 1.29 is 14.6 Å². The lowest BCUT2D eigenvalue weighted by Crippen LogP contribution is -2.43. The zero-order valence-electron chi connectivity index (χ0n) is 11.9. The van der Waals surface area contributed by atoms with Gasteiger partial charge in [-0.05, 0) is 25.7 Å². The van der Waals surface area contributed by atoms with Crippen LogP contribution in [-0.4, -0.2) is 38.5 Å². The van der Waals surface area contributed by atoms with Crippen LogP contribution in [0.4, 0.5) is 0 Å². The van der Waals surface area contributed by atoms with Crippen LogP contribution in [0.2, 0.25) is 0 Å². The standard InChI is InChI=1S/C13H18Cl2N2O5/c14-9-3-1-7(5-11(9)16(19)20)13(18)8-2-4-10(15)12(6-8)17(21)22/h7-12H,1-6H2. The van der Waals surface area contributed by atoms with Crippen LogP contribution in [0.15, 0.2) is 0 Å². The molecule has 2 aliphatic rings. The number of hydrogen-bond donors (Lipinski definition) is 0. The second-order valence-corrected chi connectivity index (χ2v) is 7.28. The zero-order valence-corrected chi connectivity index (χ0v) is 13.4. The van der Waals surface area contributed by atoms with Gasteiger partial charge >= 0.3 is 0 Å². The highest BCUT2D eigenvalue weighted by atomic mass is 35.5. The minimum atomic E-state index is -0.917. The van der Waals surface area contributed by atoms with Crippen molar-refractivity contribution in [3.8, 4) is 0 Å². The Morgan fingerprint density at radius 2 is 1.18 bits per heavy atom. The summed E-state index contributed by atoms with van der Waals surface area (Å²) < 4.78 is 0. The number of halogens is 2. The van der Waals surface area contributed by atoms with Crippen LogP contribution < -0.4 is 0 Å². The molecule has 0 radical (unpaired) electrons. The van der Waals surface area contributed by atoms with Crippen molar-refractivity contribution >= 4 is 29.0 Å². The molecule has 0 aromatic heterocycles. The van der Waals surface area contributed by atoms with Gasteiger partial charge < -0.3 is 0 Å². The third-order valence-corrected chi connectivity index (χ3v) is 5.83. The van der Waals surface area contributed by atoms with E-state index in [0.29, 0.717) is 25.7 Å². The smallest absolute Gasteiger partial charge is 0.229 e. The number of nitrogens with zero attached hydrogens (tertiary/aromatic N) is 2. The van der Waals surface area contributed by atoms with E-state index in [-0.39, 0.29) is 18.6 Å². The molecule has 6 unspecified atom stereocenters. The molecule has 124 valence electrons. The fraction of sp³-hybridized carbons (Fsp3) is 0.923. The molecule has 2 rings (SSSR count). The minimum absolute atomic E-state index is 0.0918. The Hall–Kier alpha value is -0.950. The molecule has 2 saturated carbocycles. The van der Waals surface area contributed by atoms with Crippen molar-refractivity contribution in [2.75, 3.05) is 0 Å². The first-order valence-corrected chi connectivity index (χ1v) is 8.27. The summed E-state index contributed by atoms with van der Waals surface area (Å²) in [7, 11) is 0. The number of rotatable bonds is 4. The largest absolute Gasteiger partial charge is 0.299 e. The van der Waals surface area contributed by atoms with Crippen LogP contribution in [0.5, 0.6) is 0 Å². The Kier molecular flexibility index (Phi) is 5.60. The molecule has 0 N–H and O–H groups in total. The minimum Gasteiger partial charge on any atom is -0.299 e. The molecule has 22 heavy (non-hydrogen) atoms. The second-order valence-electron chi connectivity index (χ2n) is 6.16. The van der Waals surface area contributed by atoms with Gasteiger partial charge in [-0.1, -0.05) is 0 Å². The maximum Gasteiger partial charge on any atom is 0.229 e. The summed E-state index contributed by atoms with van der Waals surface area (Å²) in [6.07, 6.45) is 2.14. The maximum atomic E-state index is 12.6. The Labute approximate surface area is 137 Å². The van der Waals surface area contributed by atoms with E-state index in [9.17, 15) is 25.0 Å². The lowest BCUT2D eigenvalue weighted by atomic mass is 9.74. The summed E-state index contributed by atoms with van der Waals surface area (Å²) in [6.45, 7) is 0. The highest BCUT2D eigenvalue weighted by Crippen LogP contribution is 2.37. The molecule has 0 spiro atoms. The van der Waals surface area contributed by atoms with Gasteiger partial charge in [0.25, 0.3) is 0 Å². The maximum absolute atomic E-state index is 12.6. The van der Waals surface area contributed by atoms with Gasteiger partial charge in [-0.15, -0.1) is 23.2 Å². The molecule has 0 aliphatic heterocycles. The number of alkyl halides is 2. The Morgan fingerprint density at radius 3 is 1.50 bits per heavy atom. The van der Waals surface area contributed by atoms with Crippen molar-refractivity contribution in [1.82, 2.24) is 0 Å². The third kappa shape index (κ3) is 3.68. The van der Waals surface area contributed by atoms with Crippen LogP contribution in [0.1, 0.15) is 38.5 Å². The fourth-order valence-electron chi connectivity index (χ4n) is 3.51. The molecule has 9 heteroatoms. The van der Waals surface area contributed by atoms with Crippen molar-refractivity contribution in [2.24, 2.45) is 11.8 Å². The van der Waals surface area contributed by atoms with Gasteiger partial charge in [0.1, 0.15) is 16.5 Å². The highest BCUT2D eigenvalue weighted by Gasteiger charge is 2.45. The van der Waals surface area contributed by atoms with E-state index in [4.69, 9.17) is 23.2 Å². The molecule has 0 saturated heterocycles. The topological polar surface area (TPSA) is 103 Å². The fourth-order valence-corrected chi connectivity index (χ4v) is 4.15. The van der Waals surface area contributed by atoms with E-state index >= 15 is 0 Å². The van der Waals surface area contributed by atoms with E-state index in [1.54, 1.807) is 0 Å². The molecule has 2 aliphatic carbocycles. The normalized spacial score (nSPS) is 39.2. The molecule has 0 amide bonds. The van der Waals surface area contributed by atoms with Crippen LogP contribution in [0, 0.1) is 32.1 Å². The molecule has 7 nitrogen and oxygen atoms in total. The van der Waals surface area contributed by atoms with Gasteiger partial charge in [0, 0.05) is 34.5 Å². The predicted molar refractivity (Wildman–Crippen MR) is 80.5 cm³/mol. The molecule has 0 aromatic carbocycles. The van der Waals surface area contributed by atoms with Crippen molar-refractivity contribution in [1.29, 1.82) is 0 Å².